The van der Waals surface area contributed by atoms with E-state index in [9.17, 15) is 13.2 Å². The van der Waals surface area contributed by atoms with E-state index >= 15 is 0 Å². The first-order chi connectivity index (χ1) is 12.9. The Morgan fingerprint density at radius 1 is 1.15 bits per heavy atom. The number of hydrogen-bond acceptors (Lipinski definition) is 5. The van der Waals surface area contributed by atoms with Crippen LogP contribution in [0.15, 0.2) is 24.3 Å². The zero-order valence-electron chi connectivity index (χ0n) is 15.8. The van der Waals surface area contributed by atoms with Crippen LogP contribution in [-0.2, 0) is 14.6 Å². The molecule has 3 rings (SSSR count). The van der Waals surface area contributed by atoms with Gasteiger partial charge < -0.3 is 19.3 Å². The molecule has 0 unspecified atom stereocenters. The number of quaternary nitrogens is 1. The molecule has 1 N–H and O–H groups in total. The van der Waals surface area contributed by atoms with Crippen molar-refractivity contribution in [2.75, 3.05) is 51.9 Å². The van der Waals surface area contributed by atoms with E-state index in [4.69, 9.17) is 9.47 Å². The first kappa shape index (κ1) is 19.7. The van der Waals surface area contributed by atoms with Gasteiger partial charge in [0.05, 0.1) is 46.2 Å². The second-order valence-electron chi connectivity index (χ2n) is 7.06. The Balaban J connectivity index is 1.56. The number of carbonyl (C=O) groups excluding carboxylic acids is 1. The smallest absolute Gasteiger partial charge is 0.246 e. The summed E-state index contributed by atoms with van der Waals surface area (Å²) < 4.78 is 33.8. The lowest BCUT2D eigenvalue weighted by atomic mass is 10.1. The predicted molar refractivity (Wildman–Crippen MR) is 103 cm³/mol. The zero-order valence-corrected chi connectivity index (χ0v) is 16.6. The highest BCUT2D eigenvalue weighted by molar-refractivity contribution is 7.91. The Morgan fingerprint density at radius 2 is 1.78 bits per heavy atom. The van der Waals surface area contributed by atoms with Crippen molar-refractivity contribution < 1.29 is 27.6 Å². The van der Waals surface area contributed by atoms with Gasteiger partial charge in [0, 0.05) is 18.6 Å². The van der Waals surface area contributed by atoms with Crippen molar-refractivity contribution in [2.45, 2.75) is 12.5 Å². The van der Waals surface area contributed by atoms with E-state index in [2.05, 4.69) is 0 Å². The average Bonchev–Trinajstić information content (AvgIpc) is 3.05. The van der Waals surface area contributed by atoms with E-state index in [1.165, 1.54) is 4.90 Å². The number of nitrogens with zero attached hydrogens (tertiary/aromatic N) is 1. The van der Waals surface area contributed by atoms with Crippen LogP contribution in [0.3, 0.4) is 0 Å². The maximum Gasteiger partial charge on any atom is 0.246 e. The number of ether oxygens (including phenoxy) is 2. The summed E-state index contributed by atoms with van der Waals surface area (Å²) >= 11 is 0. The van der Waals surface area contributed by atoms with E-state index in [-0.39, 0.29) is 17.7 Å². The van der Waals surface area contributed by atoms with Crippen molar-refractivity contribution in [1.29, 1.82) is 0 Å². The van der Waals surface area contributed by atoms with E-state index in [1.54, 1.807) is 32.4 Å². The van der Waals surface area contributed by atoms with Crippen LogP contribution in [0.5, 0.6) is 11.5 Å². The third-order valence-corrected chi connectivity index (χ3v) is 7.09. The number of amides is 1. The van der Waals surface area contributed by atoms with Gasteiger partial charge in [-0.05, 0) is 23.8 Å². The summed E-state index contributed by atoms with van der Waals surface area (Å²) in [5.74, 6) is 1.90. The molecule has 0 spiro atoms. The second kappa shape index (κ2) is 8.31. The van der Waals surface area contributed by atoms with Crippen molar-refractivity contribution in [1.82, 2.24) is 4.90 Å². The molecule has 0 bridgehead atoms. The number of carbonyl (C=O) groups is 1. The fourth-order valence-corrected chi connectivity index (χ4v) is 5.56. The SMILES string of the molecule is COc1cc(/C=C/C(=O)N2CC[NH+]([C@H]3CCS(=O)(=O)C3)CC2)cc(OC)c1. The van der Waals surface area contributed by atoms with Crippen LogP contribution in [0.25, 0.3) is 6.08 Å². The molecular formula is C19H27N2O5S+. The summed E-state index contributed by atoms with van der Waals surface area (Å²) in [6.07, 6.45) is 4.07. The Kier molecular flexibility index (Phi) is 6.06. The van der Waals surface area contributed by atoms with Gasteiger partial charge in [0.1, 0.15) is 23.3 Å². The number of hydrogen-bond donors (Lipinski definition) is 1. The quantitative estimate of drug-likeness (QED) is 0.689. The van der Waals surface area contributed by atoms with Crippen LogP contribution in [0.1, 0.15) is 12.0 Å². The minimum atomic E-state index is -2.86. The van der Waals surface area contributed by atoms with E-state index in [1.807, 2.05) is 17.0 Å². The third kappa shape index (κ3) is 5.01. The summed E-state index contributed by atoms with van der Waals surface area (Å²) in [5.41, 5.74) is 0.833. The number of sulfone groups is 1. The van der Waals surface area contributed by atoms with Crippen LogP contribution in [-0.4, -0.2) is 77.2 Å². The molecule has 2 saturated heterocycles. The lowest BCUT2D eigenvalue weighted by molar-refractivity contribution is -0.925. The summed E-state index contributed by atoms with van der Waals surface area (Å²) in [7, 11) is 0.318. The minimum absolute atomic E-state index is 0.0325. The second-order valence-corrected chi connectivity index (χ2v) is 9.29. The van der Waals surface area contributed by atoms with E-state index in [0.29, 0.717) is 30.3 Å². The predicted octanol–water partition coefficient (Wildman–Crippen LogP) is -0.369. The highest BCUT2D eigenvalue weighted by Crippen LogP contribution is 2.23. The van der Waals surface area contributed by atoms with Crippen LogP contribution < -0.4 is 14.4 Å². The summed E-state index contributed by atoms with van der Waals surface area (Å²) in [5, 5.41) is 0. The standard InChI is InChI=1S/C19H26N2O5S/c1-25-17-11-15(12-18(13-17)26-2)3-4-19(22)21-8-6-20(7-9-21)16-5-10-27(23,24)14-16/h3-4,11-13,16H,5-10,14H2,1-2H3/p+1/b4-3+/t16-/m0/s1. The monoisotopic (exact) mass is 395 g/mol. The maximum absolute atomic E-state index is 12.5. The molecule has 1 amide bonds. The minimum Gasteiger partial charge on any atom is -0.497 e. The molecule has 2 fully saturated rings. The molecule has 0 saturated carbocycles. The molecule has 8 heteroatoms. The lowest BCUT2D eigenvalue weighted by Crippen LogP contribution is -3.18. The zero-order chi connectivity index (χ0) is 19.4. The van der Waals surface area contributed by atoms with Gasteiger partial charge in [0.15, 0.2) is 9.84 Å². The van der Waals surface area contributed by atoms with Gasteiger partial charge in [-0.2, -0.15) is 0 Å². The molecule has 2 heterocycles. The van der Waals surface area contributed by atoms with Gasteiger partial charge in [-0.1, -0.05) is 0 Å². The van der Waals surface area contributed by atoms with E-state index < -0.39 is 9.84 Å². The van der Waals surface area contributed by atoms with Crippen molar-refractivity contribution in [3.63, 3.8) is 0 Å². The van der Waals surface area contributed by atoms with Crippen LogP contribution in [0.2, 0.25) is 0 Å². The number of methoxy groups -OCH3 is 2. The molecule has 1 aromatic rings. The number of benzene rings is 1. The van der Waals surface area contributed by atoms with Crippen LogP contribution in [0, 0.1) is 0 Å². The normalized spacial score (nSPS) is 22.9. The Bertz CT molecular complexity index is 791. The summed E-state index contributed by atoms with van der Waals surface area (Å²) in [6.45, 7) is 2.90. The van der Waals surface area contributed by atoms with Crippen LogP contribution >= 0.6 is 0 Å². The Morgan fingerprint density at radius 3 is 2.30 bits per heavy atom. The van der Waals surface area contributed by atoms with Gasteiger partial charge in [-0.3, -0.25) is 4.79 Å². The molecule has 0 radical (unpaired) electrons. The van der Waals surface area contributed by atoms with Crippen molar-refractivity contribution in [2.24, 2.45) is 0 Å². The maximum atomic E-state index is 12.5. The molecule has 148 valence electrons. The molecule has 7 nitrogen and oxygen atoms in total. The highest BCUT2D eigenvalue weighted by atomic mass is 32.2. The van der Waals surface area contributed by atoms with Gasteiger partial charge in [0.25, 0.3) is 0 Å². The van der Waals surface area contributed by atoms with Gasteiger partial charge in [0.2, 0.25) is 5.91 Å². The number of nitrogens with one attached hydrogen (secondary N) is 1. The molecule has 27 heavy (non-hydrogen) atoms. The summed E-state index contributed by atoms with van der Waals surface area (Å²) in [6, 6.07) is 5.65. The Hall–Kier alpha value is -2.06. The Labute approximate surface area is 160 Å². The lowest BCUT2D eigenvalue weighted by Gasteiger charge is -2.34. The van der Waals surface area contributed by atoms with Gasteiger partial charge in [-0.15, -0.1) is 0 Å². The third-order valence-electron chi connectivity index (χ3n) is 5.32. The molecule has 1 aromatic carbocycles. The molecule has 2 aliphatic heterocycles. The highest BCUT2D eigenvalue weighted by Gasteiger charge is 2.37. The average molecular weight is 396 g/mol. The molecule has 2 aliphatic rings. The first-order valence-electron chi connectivity index (χ1n) is 9.15. The first-order valence-corrected chi connectivity index (χ1v) is 11.0. The van der Waals surface area contributed by atoms with Crippen molar-refractivity contribution in [3.05, 3.63) is 29.8 Å². The van der Waals surface area contributed by atoms with Crippen molar-refractivity contribution in [3.8, 4) is 11.5 Å². The van der Waals surface area contributed by atoms with Gasteiger partial charge in [-0.25, -0.2) is 8.42 Å². The molecule has 0 aromatic heterocycles. The fraction of sp³-hybridized carbons (Fsp3) is 0.526. The van der Waals surface area contributed by atoms with Crippen molar-refractivity contribution >= 4 is 21.8 Å². The van der Waals surface area contributed by atoms with Crippen LogP contribution in [0.4, 0.5) is 0 Å². The molecule has 0 aliphatic carbocycles. The topological polar surface area (TPSA) is 77.4 Å². The number of rotatable bonds is 5. The molecular weight excluding hydrogens is 368 g/mol. The number of piperazine rings is 1. The fourth-order valence-electron chi connectivity index (χ4n) is 3.74. The van der Waals surface area contributed by atoms with E-state index in [0.717, 1.165) is 25.1 Å². The van der Waals surface area contributed by atoms with Gasteiger partial charge >= 0.3 is 0 Å². The molecule has 1 atom stereocenters. The largest absolute Gasteiger partial charge is 0.497 e. The summed E-state index contributed by atoms with van der Waals surface area (Å²) in [4.78, 5) is 15.6.